The van der Waals surface area contributed by atoms with Crippen molar-refractivity contribution in [2.75, 3.05) is 32.1 Å². The van der Waals surface area contributed by atoms with Crippen LogP contribution in [0.3, 0.4) is 0 Å². The first kappa shape index (κ1) is 20.0. The zero-order valence-electron chi connectivity index (χ0n) is 16.5. The zero-order valence-corrected chi connectivity index (χ0v) is 17.3. The highest BCUT2D eigenvalue weighted by Crippen LogP contribution is 2.23. The van der Waals surface area contributed by atoms with Crippen LogP contribution in [-0.2, 0) is 22.6 Å². The minimum atomic E-state index is 0.0596. The topological polar surface area (TPSA) is 41.6 Å². The van der Waals surface area contributed by atoms with Gasteiger partial charge in [-0.05, 0) is 34.0 Å². The summed E-state index contributed by atoms with van der Waals surface area (Å²) >= 11 is 1.58. The van der Waals surface area contributed by atoms with Crippen LogP contribution in [0.4, 0.5) is 0 Å². The first-order valence-electron chi connectivity index (χ1n) is 10.0. The van der Waals surface area contributed by atoms with Crippen LogP contribution in [0.5, 0.6) is 0 Å². The predicted octanol–water partition coefficient (Wildman–Crippen LogP) is 4.08. The highest BCUT2D eigenvalue weighted by atomic mass is 32.2. The van der Waals surface area contributed by atoms with Crippen LogP contribution in [0.1, 0.15) is 11.1 Å². The molecule has 150 valence electrons. The first-order chi connectivity index (χ1) is 14.3. The van der Waals surface area contributed by atoms with Gasteiger partial charge in [0.25, 0.3) is 0 Å². The molecule has 4 rings (SSSR count). The Morgan fingerprint density at radius 1 is 0.931 bits per heavy atom. The third-order valence-corrected chi connectivity index (χ3v) is 6.18. The van der Waals surface area contributed by atoms with Gasteiger partial charge in [-0.1, -0.05) is 54.6 Å². The van der Waals surface area contributed by atoms with Gasteiger partial charge in [0.15, 0.2) is 0 Å². The predicted molar refractivity (Wildman–Crippen MR) is 119 cm³/mol. The number of carbonyl (C=O) groups is 1. The Morgan fingerprint density at radius 3 is 2.48 bits per heavy atom. The Morgan fingerprint density at radius 2 is 1.66 bits per heavy atom. The minimum Gasteiger partial charge on any atom is -0.379 e. The molecule has 5 heteroatoms. The van der Waals surface area contributed by atoms with Crippen LogP contribution >= 0.6 is 11.8 Å². The van der Waals surface area contributed by atoms with Crippen molar-refractivity contribution < 1.29 is 9.53 Å². The molecule has 1 aliphatic rings. The summed E-state index contributed by atoms with van der Waals surface area (Å²) in [6.07, 6.45) is 0. The highest BCUT2D eigenvalue weighted by Gasteiger charge is 2.13. The Kier molecular flexibility index (Phi) is 6.83. The monoisotopic (exact) mass is 406 g/mol. The molecule has 0 unspecified atom stereocenters. The second-order valence-electron chi connectivity index (χ2n) is 7.23. The van der Waals surface area contributed by atoms with E-state index in [1.165, 1.54) is 21.9 Å². The Labute approximate surface area is 176 Å². The third kappa shape index (κ3) is 5.60. The summed E-state index contributed by atoms with van der Waals surface area (Å²) in [5, 5.41) is 5.51. The van der Waals surface area contributed by atoms with E-state index in [1.807, 2.05) is 18.2 Å². The highest BCUT2D eigenvalue weighted by molar-refractivity contribution is 8.00. The standard InChI is InChI=1S/C24H26N2O2S/c27-24(18-29-23-10-9-19-5-1-2-6-20(19)15-23)25-16-21-7-3-4-8-22(21)17-26-11-13-28-14-12-26/h1-10,15H,11-14,16-18H2,(H,25,27). The minimum absolute atomic E-state index is 0.0596. The summed E-state index contributed by atoms with van der Waals surface area (Å²) in [6.45, 7) is 4.99. The molecular weight excluding hydrogens is 380 g/mol. The lowest BCUT2D eigenvalue weighted by Crippen LogP contribution is -2.36. The van der Waals surface area contributed by atoms with Crippen LogP contribution in [-0.4, -0.2) is 42.9 Å². The molecule has 29 heavy (non-hydrogen) atoms. The number of rotatable bonds is 7. The van der Waals surface area contributed by atoms with Gasteiger partial charge in [-0.2, -0.15) is 0 Å². The van der Waals surface area contributed by atoms with E-state index in [4.69, 9.17) is 4.74 Å². The van der Waals surface area contributed by atoms with Crippen molar-refractivity contribution in [2.24, 2.45) is 0 Å². The number of thioether (sulfide) groups is 1. The number of amides is 1. The van der Waals surface area contributed by atoms with Crippen molar-refractivity contribution in [3.8, 4) is 0 Å². The van der Waals surface area contributed by atoms with E-state index < -0.39 is 0 Å². The Bertz CT molecular complexity index is 970. The number of ether oxygens (including phenoxy) is 1. The first-order valence-corrected chi connectivity index (χ1v) is 11.0. The number of benzene rings is 3. The molecule has 3 aromatic carbocycles. The molecule has 1 amide bonds. The molecule has 0 aromatic heterocycles. The van der Waals surface area contributed by atoms with E-state index in [0.29, 0.717) is 12.3 Å². The van der Waals surface area contributed by atoms with Gasteiger partial charge in [-0.15, -0.1) is 11.8 Å². The summed E-state index contributed by atoms with van der Waals surface area (Å²) in [5.74, 6) is 0.480. The zero-order chi connectivity index (χ0) is 19.9. The Hall–Kier alpha value is -2.34. The molecule has 0 aliphatic carbocycles. The largest absolute Gasteiger partial charge is 0.379 e. The number of morpholine rings is 1. The molecule has 0 radical (unpaired) electrons. The lowest BCUT2D eigenvalue weighted by molar-refractivity contribution is -0.118. The van der Waals surface area contributed by atoms with Gasteiger partial charge in [0.2, 0.25) is 5.91 Å². The van der Waals surface area contributed by atoms with E-state index >= 15 is 0 Å². The molecule has 0 spiro atoms. The smallest absolute Gasteiger partial charge is 0.230 e. The quantitative estimate of drug-likeness (QED) is 0.601. The SMILES string of the molecule is O=C(CSc1ccc2ccccc2c1)NCc1ccccc1CN1CCOCC1. The van der Waals surface area contributed by atoms with Gasteiger partial charge >= 0.3 is 0 Å². The van der Waals surface area contributed by atoms with Crippen LogP contribution in [0, 0.1) is 0 Å². The van der Waals surface area contributed by atoms with Gasteiger partial charge in [-0.25, -0.2) is 0 Å². The van der Waals surface area contributed by atoms with Crippen molar-refractivity contribution >= 4 is 28.4 Å². The van der Waals surface area contributed by atoms with Crippen LogP contribution in [0.2, 0.25) is 0 Å². The van der Waals surface area contributed by atoms with Crippen LogP contribution in [0.15, 0.2) is 71.6 Å². The molecule has 1 saturated heterocycles. The summed E-state index contributed by atoms with van der Waals surface area (Å²) < 4.78 is 5.43. The van der Waals surface area contributed by atoms with Crippen LogP contribution in [0.25, 0.3) is 10.8 Å². The normalized spacial score (nSPS) is 14.8. The van der Waals surface area contributed by atoms with E-state index in [-0.39, 0.29) is 5.91 Å². The van der Waals surface area contributed by atoms with Gasteiger partial charge in [0, 0.05) is 31.1 Å². The summed E-state index contributed by atoms with van der Waals surface area (Å²) in [4.78, 5) is 15.9. The molecule has 1 aliphatic heterocycles. The molecule has 1 N–H and O–H groups in total. The summed E-state index contributed by atoms with van der Waals surface area (Å²) in [6, 6.07) is 23.0. The molecule has 0 saturated carbocycles. The van der Waals surface area contributed by atoms with Crippen molar-refractivity contribution in [3.05, 3.63) is 77.9 Å². The van der Waals surface area contributed by atoms with Crippen LogP contribution < -0.4 is 5.32 Å². The molecular formula is C24H26N2O2S. The van der Waals surface area contributed by atoms with Gasteiger partial charge in [-0.3, -0.25) is 9.69 Å². The fraction of sp³-hybridized carbons (Fsp3) is 0.292. The Balaban J connectivity index is 1.30. The molecule has 1 fully saturated rings. The lowest BCUT2D eigenvalue weighted by atomic mass is 10.1. The second-order valence-corrected chi connectivity index (χ2v) is 8.28. The van der Waals surface area contributed by atoms with E-state index in [2.05, 4.69) is 58.7 Å². The molecule has 1 heterocycles. The number of hydrogen-bond donors (Lipinski definition) is 1. The second kappa shape index (κ2) is 9.92. The maximum Gasteiger partial charge on any atom is 0.230 e. The summed E-state index contributed by atoms with van der Waals surface area (Å²) in [7, 11) is 0. The van der Waals surface area contributed by atoms with Crippen molar-refractivity contribution in [1.29, 1.82) is 0 Å². The number of hydrogen-bond acceptors (Lipinski definition) is 4. The number of nitrogens with zero attached hydrogens (tertiary/aromatic N) is 1. The van der Waals surface area contributed by atoms with E-state index in [1.54, 1.807) is 11.8 Å². The maximum atomic E-state index is 12.4. The van der Waals surface area contributed by atoms with Gasteiger partial charge in [0.1, 0.15) is 0 Å². The molecule has 3 aromatic rings. The van der Waals surface area contributed by atoms with Crippen molar-refractivity contribution in [2.45, 2.75) is 18.0 Å². The van der Waals surface area contributed by atoms with Crippen molar-refractivity contribution in [3.63, 3.8) is 0 Å². The molecule has 0 atom stereocenters. The van der Waals surface area contributed by atoms with E-state index in [9.17, 15) is 4.79 Å². The fourth-order valence-corrected chi connectivity index (χ4v) is 4.31. The average Bonchev–Trinajstić information content (AvgIpc) is 2.77. The third-order valence-electron chi connectivity index (χ3n) is 5.18. The number of nitrogens with one attached hydrogen (secondary N) is 1. The van der Waals surface area contributed by atoms with E-state index in [0.717, 1.165) is 37.7 Å². The van der Waals surface area contributed by atoms with Gasteiger partial charge < -0.3 is 10.1 Å². The van der Waals surface area contributed by atoms with Gasteiger partial charge in [0.05, 0.1) is 19.0 Å². The lowest BCUT2D eigenvalue weighted by Gasteiger charge is -2.27. The average molecular weight is 407 g/mol. The molecule has 0 bridgehead atoms. The summed E-state index contributed by atoms with van der Waals surface area (Å²) in [5.41, 5.74) is 2.46. The fourth-order valence-electron chi connectivity index (χ4n) is 3.54. The van der Waals surface area contributed by atoms with Crippen molar-refractivity contribution in [1.82, 2.24) is 10.2 Å². The maximum absolute atomic E-state index is 12.4. The molecule has 4 nitrogen and oxygen atoms in total. The number of fused-ring (bicyclic) bond motifs is 1. The number of carbonyl (C=O) groups excluding carboxylic acids is 1.